The summed E-state index contributed by atoms with van der Waals surface area (Å²) in [6.07, 6.45) is 1.80. The van der Waals surface area contributed by atoms with Gasteiger partial charge in [0.1, 0.15) is 10.8 Å². The predicted molar refractivity (Wildman–Crippen MR) is 220 cm³/mol. The molecule has 51 heavy (non-hydrogen) atoms. The van der Waals surface area contributed by atoms with E-state index in [4.69, 9.17) is 9.98 Å². The van der Waals surface area contributed by atoms with Gasteiger partial charge in [-0.2, -0.15) is 0 Å². The van der Waals surface area contributed by atoms with Gasteiger partial charge in [-0.1, -0.05) is 134 Å². The zero-order chi connectivity index (χ0) is 36.1. The van der Waals surface area contributed by atoms with Gasteiger partial charge < -0.3 is 5.11 Å². The second kappa shape index (κ2) is 13.2. The van der Waals surface area contributed by atoms with Gasteiger partial charge in [0.2, 0.25) is 0 Å². The van der Waals surface area contributed by atoms with Crippen LogP contribution in [0.5, 0.6) is 5.75 Å². The van der Waals surface area contributed by atoms with Gasteiger partial charge in [0.05, 0.1) is 15.9 Å². The van der Waals surface area contributed by atoms with Gasteiger partial charge in [0, 0.05) is 28.3 Å². The summed E-state index contributed by atoms with van der Waals surface area (Å²) in [5.41, 5.74) is 11.9. The van der Waals surface area contributed by atoms with Gasteiger partial charge in [0.25, 0.3) is 0 Å². The molecule has 7 aromatic rings. The summed E-state index contributed by atoms with van der Waals surface area (Å²) in [5.74, 6) is 0.680. The third kappa shape index (κ3) is 6.98. The topological polar surface area (TPSA) is 45.5 Å². The Morgan fingerprint density at radius 1 is 0.667 bits per heavy atom. The minimum atomic E-state index is -0.0524. The van der Waals surface area contributed by atoms with E-state index in [9.17, 15) is 5.11 Å². The normalized spacial score (nSPS) is 12.5. The van der Waals surface area contributed by atoms with Crippen LogP contribution < -0.4 is 0 Å². The third-order valence-electron chi connectivity index (χ3n) is 9.78. The van der Waals surface area contributed by atoms with E-state index < -0.39 is 0 Å². The summed E-state index contributed by atoms with van der Waals surface area (Å²) in [6.45, 7) is 17.8. The van der Waals surface area contributed by atoms with Crippen LogP contribution in [0.4, 0.5) is 5.69 Å². The fraction of sp³-hybridized carbons (Fsp3) is 0.234. The molecule has 0 bridgehead atoms. The number of aromatic hydroxyl groups is 1. The quantitative estimate of drug-likeness (QED) is 0.177. The minimum absolute atomic E-state index is 0.0434. The molecule has 6 aromatic carbocycles. The lowest BCUT2D eigenvalue weighted by Gasteiger charge is -2.20. The molecule has 0 saturated carbocycles. The van der Waals surface area contributed by atoms with E-state index in [1.807, 2.05) is 12.1 Å². The summed E-state index contributed by atoms with van der Waals surface area (Å²) < 4.78 is 1.15. The first-order chi connectivity index (χ1) is 24.3. The van der Waals surface area contributed by atoms with Gasteiger partial charge in [0.15, 0.2) is 0 Å². The highest BCUT2D eigenvalue weighted by atomic mass is 32.1. The lowest BCUT2D eigenvalue weighted by Crippen LogP contribution is -2.11. The molecule has 0 atom stereocenters. The Labute approximate surface area is 306 Å². The molecule has 0 spiro atoms. The largest absolute Gasteiger partial charge is 0.507 e. The molecule has 0 fully saturated rings. The molecule has 0 aliphatic carbocycles. The van der Waals surface area contributed by atoms with Gasteiger partial charge in [-0.05, 0) is 91.9 Å². The summed E-state index contributed by atoms with van der Waals surface area (Å²) in [7, 11) is 0. The highest BCUT2D eigenvalue weighted by Crippen LogP contribution is 2.44. The predicted octanol–water partition coefficient (Wildman–Crippen LogP) is 13.6. The number of phenolic OH excluding ortho intramolecular Hbond substituents is 1. The first kappa shape index (κ1) is 34.4. The van der Waals surface area contributed by atoms with Crippen LogP contribution in [-0.2, 0) is 10.8 Å². The number of thiazole rings is 1. The fourth-order valence-electron chi connectivity index (χ4n) is 6.57. The number of aromatic nitrogens is 1. The van der Waals surface area contributed by atoms with Crippen molar-refractivity contribution in [1.82, 2.24) is 4.98 Å². The molecule has 0 amide bonds. The number of fused-ring (bicyclic) bond motifs is 2. The number of rotatable bonds is 6. The first-order valence-electron chi connectivity index (χ1n) is 17.8. The Morgan fingerprint density at radius 3 is 2.12 bits per heavy atom. The molecule has 4 heteroatoms. The molecule has 0 unspecified atom stereocenters. The highest BCUT2D eigenvalue weighted by Gasteiger charge is 2.22. The van der Waals surface area contributed by atoms with Crippen LogP contribution in [0.3, 0.4) is 0 Å². The Balaban J connectivity index is 1.40. The fourth-order valence-corrected chi connectivity index (χ4v) is 7.62. The van der Waals surface area contributed by atoms with Crippen molar-refractivity contribution in [2.24, 2.45) is 4.99 Å². The van der Waals surface area contributed by atoms with Crippen LogP contribution >= 0.6 is 11.3 Å². The third-order valence-corrected chi connectivity index (χ3v) is 10.8. The zero-order valence-electron chi connectivity index (χ0n) is 30.9. The van der Waals surface area contributed by atoms with Crippen molar-refractivity contribution in [3.05, 3.63) is 138 Å². The maximum Gasteiger partial charge on any atom is 0.126 e. The molecule has 256 valence electrons. The number of nitrogens with zero attached hydrogens (tertiary/aromatic N) is 2. The van der Waals surface area contributed by atoms with Crippen LogP contribution in [0, 0.1) is 0 Å². The molecule has 0 aliphatic rings. The number of phenols is 1. The smallest absolute Gasteiger partial charge is 0.126 e. The van der Waals surface area contributed by atoms with Crippen molar-refractivity contribution in [3.63, 3.8) is 0 Å². The molecule has 1 heterocycles. The monoisotopic (exact) mass is 686 g/mol. The van der Waals surface area contributed by atoms with E-state index in [-0.39, 0.29) is 16.6 Å². The molecular formula is C47H46N2OS. The second-order valence-electron chi connectivity index (χ2n) is 16.0. The average Bonchev–Trinajstić information content (AvgIpc) is 3.54. The molecule has 0 radical (unpaired) electrons. The average molecular weight is 687 g/mol. The SMILES string of the molecule is CC(C)c1cccc(-c2cccc(-c3cc(C(C)(C)C)cc4sc(-c5ccc6ccccc6c5N=Cc5cc(C(C)(C)C)ccc5O)nc34)c2)c1. The Bertz CT molecular complexity index is 2430. The minimum Gasteiger partial charge on any atom is -0.507 e. The van der Waals surface area contributed by atoms with E-state index in [1.54, 1.807) is 23.6 Å². The number of hydrogen-bond donors (Lipinski definition) is 1. The molecule has 7 rings (SSSR count). The number of aliphatic imine (C=N–C) groups is 1. The first-order valence-corrected chi connectivity index (χ1v) is 18.6. The van der Waals surface area contributed by atoms with Crippen LogP contribution in [0.1, 0.15) is 83.6 Å². The van der Waals surface area contributed by atoms with E-state index in [0.29, 0.717) is 11.5 Å². The standard InChI is InChI=1S/C47H46N2OS/c1-29(2)31-14-11-15-32(23-31)33-16-12-17-34(24-33)40-26-37(47(6,7)8)27-42-44(40)49-45(51-42)39-21-19-30-13-9-10-18-38(30)43(39)48-28-35-25-36(46(3,4)5)20-22-41(35)50/h9-29,50H,1-8H3. The van der Waals surface area contributed by atoms with Crippen molar-refractivity contribution in [3.8, 4) is 38.6 Å². The molecule has 1 aromatic heterocycles. The Hall–Kier alpha value is -5.06. The van der Waals surface area contributed by atoms with Crippen LogP contribution in [-0.4, -0.2) is 16.3 Å². The van der Waals surface area contributed by atoms with Gasteiger partial charge in [-0.15, -0.1) is 11.3 Å². The summed E-state index contributed by atoms with van der Waals surface area (Å²) in [4.78, 5) is 10.5. The maximum absolute atomic E-state index is 10.8. The van der Waals surface area contributed by atoms with Crippen molar-refractivity contribution in [1.29, 1.82) is 0 Å². The number of benzene rings is 6. The van der Waals surface area contributed by atoms with Crippen LogP contribution in [0.25, 0.3) is 53.8 Å². The summed E-state index contributed by atoms with van der Waals surface area (Å²) in [6, 6.07) is 40.9. The second-order valence-corrected chi connectivity index (χ2v) is 17.0. The number of hydrogen-bond acceptors (Lipinski definition) is 4. The van der Waals surface area contributed by atoms with Crippen LogP contribution in [0.2, 0.25) is 0 Å². The Kier molecular flexibility index (Phi) is 8.93. The van der Waals surface area contributed by atoms with Gasteiger partial charge in [-0.3, -0.25) is 4.99 Å². The van der Waals surface area contributed by atoms with Crippen LogP contribution in [0.15, 0.2) is 120 Å². The van der Waals surface area contributed by atoms with Crippen molar-refractivity contribution >= 4 is 44.2 Å². The van der Waals surface area contributed by atoms with Crippen molar-refractivity contribution in [2.75, 3.05) is 0 Å². The molecule has 0 saturated heterocycles. The molecule has 0 aliphatic heterocycles. The highest BCUT2D eigenvalue weighted by molar-refractivity contribution is 7.21. The van der Waals surface area contributed by atoms with E-state index >= 15 is 0 Å². The lowest BCUT2D eigenvalue weighted by atomic mass is 9.85. The van der Waals surface area contributed by atoms with Gasteiger partial charge in [-0.25, -0.2) is 4.98 Å². The zero-order valence-corrected chi connectivity index (χ0v) is 31.7. The molecule has 1 N–H and O–H groups in total. The van der Waals surface area contributed by atoms with Crippen molar-refractivity contribution < 1.29 is 5.11 Å². The lowest BCUT2D eigenvalue weighted by molar-refractivity contribution is 0.473. The van der Waals surface area contributed by atoms with Gasteiger partial charge >= 0.3 is 0 Å². The maximum atomic E-state index is 10.8. The van der Waals surface area contributed by atoms with E-state index in [1.165, 1.54) is 22.3 Å². The van der Waals surface area contributed by atoms with E-state index in [2.05, 4.69) is 152 Å². The summed E-state index contributed by atoms with van der Waals surface area (Å²) in [5, 5.41) is 13.9. The summed E-state index contributed by atoms with van der Waals surface area (Å²) >= 11 is 1.71. The Morgan fingerprint density at radius 2 is 1.37 bits per heavy atom. The van der Waals surface area contributed by atoms with E-state index in [0.717, 1.165) is 53.9 Å². The van der Waals surface area contributed by atoms with Crippen molar-refractivity contribution in [2.45, 2.75) is 72.1 Å². The molecular weight excluding hydrogens is 641 g/mol. The molecule has 3 nitrogen and oxygen atoms in total.